The van der Waals surface area contributed by atoms with Gasteiger partial charge in [0.2, 0.25) is 17.7 Å². The van der Waals surface area contributed by atoms with Gasteiger partial charge in [0.1, 0.15) is 24.7 Å². The summed E-state index contributed by atoms with van der Waals surface area (Å²) in [6, 6.07) is 5.58. The van der Waals surface area contributed by atoms with Gasteiger partial charge in [-0.2, -0.15) is 0 Å². The molecule has 0 radical (unpaired) electrons. The Kier molecular flexibility index (Phi) is 5.31. The van der Waals surface area contributed by atoms with Crippen LogP contribution in [0.15, 0.2) is 24.3 Å². The summed E-state index contributed by atoms with van der Waals surface area (Å²) < 4.78 is 18.1. The predicted octanol–water partition coefficient (Wildman–Crippen LogP) is 1.50. The highest BCUT2D eigenvalue weighted by molar-refractivity contribution is 6.07. The van der Waals surface area contributed by atoms with Gasteiger partial charge in [0.25, 0.3) is 0 Å². The van der Waals surface area contributed by atoms with Crippen LogP contribution in [0.25, 0.3) is 0 Å². The van der Waals surface area contributed by atoms with E-state index < -0.39 is 0 Å². The molecule has 0 aromatic heterocycles. The van der Waals surface area contributed by atoms with Gasteiger partial charge >= 0.3 is 0 Å². The van der Waals surface area contributed by atoms with Crippen LogP contribution in [-0.2, 0) is 14.4 Å². The second kappa shape index (κ2) is 7.63. The van der Waals surface area contributed by atoms with Crippen LogP contribution in [0.5, 0.6) is 5.75 Å². The largest absolute Gasteiger partial charge is 0.492 e. The van der Waals surface area contributed by atoms with Crippen molar-refractivity contribution in [1.29, 1.82) is 0 Å². The van der Waals surface area contributed by atoms with Crippen molar-refractivity contribution in [3.63, 3.8) is 0 Å². The van der Waals surface area contributed by atoms with Crippen LogP contribution in [0.4, 0.5) is 4.39 Å². The Morgan fingerprint density at radius 2 is 1.72 bits per heavy atom. The summed E-state index contributed by atoms with van der Waals surface area (Å²) in [5.41, 5.74) is 0. The summed E-state index contributed by atoms with van der Waals surface area (Å²) >= 11 is 0. The molecule has 1 aliphatic carbocycles. The fourth-order valence-electron chi connectivity index (χ4n) is 3.48. The zero-order valence-corrected chi connectivity index (χ0v) is 13.9. The minimum atomic E-state index is -0.386. The number of carbonyl (C=O) groups excluding carboxylic acids is 3. The van der Waals surface area contributed by atoms with E-state index in [-0.39, 0.29) is 55.1 Å². The molecule has 2 fully saturated rings. The molecule has 2 aliphatic rings. The first-order valence-electron chi connectivity index (χ1n) is 8.56. The first-order chi connectivity index (χ1) is 12.1. The number of nitrogens with zero attached hydrogens (tertiary/aromatic N) is 1. The van der Waals surface area contributed by atoms with Gasteiger partial charge in [0, 0.05) is 0 Å². The van der Waals surface area contributed by atoms with E-state index in [1.165, 1.54) is 24.3 Å². The Morgan fingerprint density at radius 3 is 2.32 bits per heavy atom. The first kappa shape index (κ1) is 17.4. The highest BCUT2D eigenvalue weighted by Crippen LogP contribution is 2.37. The highest BCUT2D eigenvalue weighted by atomic mass is 19.1. The van der Waals surface area contributed by atoms with Crippen molar-refractivity contribution in [1.82, 2.24) is 10.2 Å². The Morgan fingerprint density at radius 1 is 1.12 bits per heavy atom. The number of nitrogens with one attached hydrogen (secondary N) is 1. The third kappa shape index (κ3) is 3.97. The average Bonchev–Trinajstić information content (AvgIpc) is 2.86. The Balaban J connectivity index is 1.42. The number of ether oxygens (including phenoxy) is 1. The minimum absolute atomic E-state index is 0.213. The lowest BCUT2D eigenvalue weighted by Crippen LogP contribution is -2.42. The fourth-order valence-corrected chi connectivity index (χ4v) is 3.48. The highest BCUT2D eigenvalue weighted by Gasteiger charge is 2.48. The van der Waals surface area contributed by atoms with Gasteiger partial charge in [-0.15, -0.1) is 0 Å². The van der Waals surface area contributed by atoms with Gasteiger partial charge in [-0.05, 0) is 37.1 Å². The molecule has 1 aliphatic heterocycles. The molecule has 134 valence electrons. The van der Waals surface area contributed by atoms with Crippen molar-refractivity contribution in [2.24, 2.45) is 11.8 Å². The van der Waals surface area contributed by atoms with Crippen molar-refractivity contribution in [2.45, 2.75) is 25.7 Å². The van der Waals surface area contributed by atoms with Crippen LogP contribution < -0.4 is 10.1 Å². The van der Waals surface area contributed by atoms with Crippen LogP contribution in [0.3, 0.4) is 0 Å². The van der Waals surface area contributed by atoms with Crippen molar-refractivity contribution in [3.05, 3.63) is 30.1 Å². The van der Waals surface area contributed by atoms with E-state index in [1.54, 1.807) is 0 Å². The Hall–Kier alpha value is -2.44. The van der Waals surface area contributed by atoms with E-state index in [4.69, 9.17) is 4.74 Å². The molecule has 25 heavy (non-hydrogen) atoms. The first-order valence-corrected chi connectivity index (χ1v) is 8.56. The van der Waals surface area contributed by atoms with E-state index >= 15 is 0 Å². The molecule has 1 aromatic rings. The number of halogens is 1. The Labute approximate surface area is 145 Å². The molecule has 3 rings (SSSR count). The van der Waals surface area contributed by atoms with Gasteiger partial charge in [0.15, 0.2) is 0 Å². The number of rotatable bonds is 6. The summed E-state index contributed by atoms with van der Waals surface area (Å²) in [4.78, 5) is 37.7. The number of hydrogen-bond donors (Lipinski definition) is 1. The lowest BCUT2D eigenvalue weighted by atomic mass is 9.81. The SMILES string of the molecule is O=C(CN1C(=O)C2CCCCC2C1=O)NCCOc1ccc(F)cc1. The number of carbonyl (C=O) groups is 3. The molecule has 1 heterocycles. The monoisotopic (exact) mass is 348 g/mol. The molecule has 0 spiro atoms. The molecule has 6 nitrogen and oxygen atoms in total. The van der Waals surface area contributed by atoms with Crippen LogP contribution >= 0.6 is 0 Å². The summed E-state index contributed by atoms with van der Waals surface area (Å²) in [7, 11) is 0. The van der Waals surface area contributed by atoms with Crippen LogP contribution in [0.2, 0.25) is 0 Å². The van der Waals surface area contributed by atoms with Gasteiger partial charge < -0.3 is 10.1 Å². The Bertz CT molecular complexity index is 638. The molecular weight excluding hydrogens is 327 g/mol. The number of amides is 3. The third-order valence-corrected chi connectivity index (χ3v) is 4.74. The lowest BCUT2D eigenvalue weighted by molar-refractivity contribution is -0.143. The quantitative estimate of drug-likeness (QED) is 0.624. The summed E-state index contributed by atoms with van der Waals surface area (Å²) in [5.74, 6) is -1.14. The maximum absolute atomic E-state index is 12.8. The molecule has 1 N–H and O–H groups in total. The summed E-state index contributed by atoms with van der Waals surface area (Å²) in [5, 5.41) is 2.63. The van der Waals surface area contributed by atoms with Gasteiger partial charge in [-0.25, -0.2) is 4.39 Å². The molecule has 1 saturated heterocycles. The van der Waals surface area contributed by atoms with E-state index in [1.807, 2.05) is 0 Å². The van der Waals surface area contributed by atoms with Crippen molar-refractivity contribution < 1.29 is 23.5 Å². The van der Waals surface area contributed by atoms with Crippen molar-refractivity contribution in [2.75, 3.05) is 19.7 Å². The molecule has 7 heteroatoms. The maximum atomic E-state index is 12.8. The minimum Gasteiger partial charge on any atom is -0.492 e. The number of fused-ring (bicyclic) bond motifs is 1. The molecule has 2 atom stereocenters. The molecule has 0 bridgehead atoms. The molecule has 1 aromatic carbocycles. The fraction of sp³-hybridized carbons (Fsp3) is 0.500. The van der Waals surface area contributed by atoms with Crippen LogP contribution in [0, 0.1) is 17.7 Å². The summed E-state index contributed by atoms with van der Waals surface area (Å²) in [6.45, 7) is 0.213. The second-order valence-corrected chi connectivity index (χ2v) is 6.41. The van der Waals surface area contributed by atoms with E-state index in [0.717, 1.165) is 30.6 Å². The number of benzene rings is 1. The van der Waals surface area contributed by atoms with E-state index in [2.05, 4.69) is 5.32 Å². The van der Waals surface area contributed by atoms with Gasteiger partial charge in [0.05, 0.1) is 18.4 Å². The van der Waals surface area contributed by atoms with Crippen molar-refractivity contribution >= 4 is 17.7 Å². The van der Waals surface area contributed by atoms with Crippen molar-refractivity contribution in [3.8, 4) is 5.75 Å². The molecule has 3 amide bonds. The lowest BCUT2D eigenvalue weighted by Gasteiger charge is -2.19. The smallest absolute Gasteiger partial charge is 0.240 e. The third-order valence-electron chi connectivity index (χ3n) is 4.74. The second-order valence-electron chi connectivity index (χ2n) is 6.41. The zero-order chi connectivity index (χ0) is 17.8. The predicted molar refractivity (Wildman–Crippen MR) is 87.1 cm³/mol. The normalized spacial score (nSPS) is 22.7. The molecular formula is C18H21FN2O4. The topological polar surface area (TPSA) is 75.7 Å². The summed E-state index contributed by atoms with van der Waals surface area (Å²) in [6.07, 6.45) is 3.39. The number of likely N-dealkylation sites (tertiary alicyclic amines) is 1. The molecule has 1 saturated carbocycles. The molecule has 2 unspecified atom stereocenters. The van der Waals surface area contributed by atoms with Gasteiger partial charge in [-0.1, -0.05) is 12.8 Å². The van der Waals surface area contributed by atoms with E-state index in [0.29, 0.717) is 5.75 Å². The van der Waals surface area contributed by atoms with Gasteiger partial charge in [-0.3, -0.25) is 19.3 Å². The van der Waals surface area contributed by atoms with Crippen LogP contribution in [-0.4, -0.2) is 42.3 Å². The zero-order valence-electron chi connectivity index (χ0n) is 13.9. The maximum Gasteiger partial charge on any atom is 0.240 e. The van der Waals surface area contributed by atoms with Crippen LogP contribution in [0.1, 0.15) is 25.7 Å². The standard InChI is InChI=1S/C18H21FN2O4/c19-12-5-7-13(8-6-12)25-10-9-20-16(22)11-21-17(23)14-3-1-2-4-15(14)18(21)24/h5-8,14-15H,1-4,9-11H2,(H,20,22). The number of hydrogen-bond acceptors (Lipinski definition) is 4. The average molecular weight is 348 g/mol. The number of imide groups is 1. The van der Waals surface area contributed by atoms with E-state index in [9.17, 15) is 18.8 Å².